The summed E-state index contributed by atoms with van der Waals surface area (Å²) in [5.41, 5.74) is 0. The van der Waals surface area contributed by atoms with Crippen LogP contribution in [0.15, 0.2) is 27.6 Å². The lowest BCUT2D eigenvalue weighted by molar-refractivity contribution is 0.0773. The minimum absolute atomic E-state index is 0.289. The number of nitrogens with one attached hydrogen (secondary N) is 1. The Kier molecular flexibility index (Phi) is 4.59. The molecule has 1 aromatic carbocycles. The summed E-state index contributed by atoms with van der Waals surface area (Å²) in [6.45, 7) is 5.09. The smallest absolute Gasteiger partial charge is 0.243 e. The summed E-state index contributed by atoms with van der Waals surface area (Å²) in [7, 11) is -3.41. The van der Waals surface area contributed by atoms with Crippen LogP contribution in [0.25, 0.3) is 0 Å². The fraction of sp³-hybridized carbons (Fsp3) is 0.538. The van der Waals surface area contributed by atoms with Crippen molar-refractivity contribution in [3.8, 4) is 0 Å². The van der Waals surface area contributed by atoms with Crippen molar-refractivity contribution in [3.63, 3.8) is 0 Å². The number of benzene rings is 1. The molecule has 8 heteroatoms. The molecule has 0 bridgehead atoms. The van der Waals surface area contributed by atoms with Gasteiger partial charge in [-0.2, -0.15) is 4.31 Å². The van der Waals surface area contributed by atoms with E-state index in [1.807, 2.05) is 0 Å². The van der Waals surface area contributed by atoms with Gasteiger partial charge < -0.3 is 5.32 Å². The average Bonchev–Trinajstić information content (AvgIpc) is 2.41. The van der Waals surface area contributed by atoms with Crippen LogP contribution in [-0.4, -0.2) is 62.9 Å². The van der Waals surface area contributed by atoms with Gasteiger partial charge in [0.2, 0.25) is 10.0 Å². The standard InChI is InChI=1S/C13H17BrClN3O2S/c14-12-7-11(1-2-13(12)15)21(19,20)18-8-10(9-18)17-5-3-16-4-6-17/h1-2,7,10,16H,3-6,8-9H2. The molecule has 0 atom stereocenters. The van der Waals surface area contributed by atoms with Gasteiger partial charge in [-0.15, -0.1) is 0 Å². The molecule has 0 aliphatic carbocycles. The fourth-order valence-corrected chi connectivity index (χ4v) is 4.87. The molecule has 116 valence electrons. The average molecular weight is 395 g/mol. The molecule has 0 amide bonds. The number of hydrogen-bond donors (Lipinski definition) is 1. The van der Waals surface area contributed by atoms with Gasteiger partial charge >= 0.3 is 0 Å². The van der Waals surface area contributed by atoms with Crippen molar-refractivity contribution < 1.29 is 8.42 Å². The van der Waals surface area contributed by atoms with Gasteiger partial charge in [-0.05, 0) is 34.1 Å². The fourth-order valence-electron chi connectivity index (χ4n) is 2.68. The van der Waals surface area contributed by atoms with Crippen LogP contribution in [0, 0.1) is 0 Å². The zero-order chi connectivity index (χ0) is 15.0. The zero-order valence-electron chi connectivity index (χ0n) is 11.4. The number of rotatable bonds is 3. The molecular formula is C13H17BrClN3O2S. The van der Waals surface area contributed by atoms with Crippen molar-refractivity contribution in [2.24, 2.45) is 0 Å². The molecule has 0 aromatic heterocycles. The number of piperazine rings is 1. The SMILES string of the molecule is O=S(=O)(c1ccc(Cl)c(Br)c1)N1CC(N2CCNCC2)C1. The molecule has 2 fully saturated rings. The molecule has 5 nitrogen and oxygen atoms in total. The molecule has 21 heavy (non-hydrogen) atoms. The predicted octanol–water partition coefficient (Wildman–Crippen LogP) is 1.38. The highest BCUT2D eigenvalue weighted by Gasteiger charge is 2.39. The van der Waals surface area contributed by atoms with Crippen molar-refractivity contribution in [2.75, 3.05) is 39.3 Å². The van der Waals surface area contributed by atoms with Crippen molar-refractivity contribution in [2.45, 2.75) is 10.9 Å². The molecule has 2 saturated heterocycles. The van der Waals surface area contributed by atoms with Crippen LogP contribution in [-0.2, 0) is 10.0 Å². The molecule has 1 N–H and O–H groups in total. The molecule has 3 rings (SSSR count). The Hall–Kier alpha value is -0.180. The maximum atomic E-state index is 12.5. The maximum Gasteiger partial charge on any atom is 0.243 e. The third-order valence-electron chi connectivity index (χ3n) is 4.03. The van der Waals surface area contributed by atoms with Gasteiger partial charge in [0.15, 0.2) is 0 Å². The topological polar surface area (TPSA) is 52.7 Å². The molecule has 0 saturated carbocycles. The van der Waals surface area contributed by atoms with Crippen molar-refractivity contribution in [1.82, 2.24) is 14.5 Å². The summed E-state index contributed by atoms with van der Waals surface area (Å²) in [4.78, 5) is 2.65. The number of nitrogens with zero attached hydrogens (tertiary/aromatic N) is 2. The highest BCUT2D eigenvalue weighted by molar-refractivity contribution is 9.10. The third kappa shape index (κ3) is 3.13. The molecule has 2 aliphatic rings. The monoisotopic (exact) mass is 393 g/mol. The second-order valence-electron chi connectivity index (χ2n) is 5.34. The van der Waals surface area contributed by atoms with Gasteiger partial charge in [0, 0.05) is 49.8 Å². The van der Waals surface area contributed by atoms with Gasteiger partial charge in [-0.25, -0.2) is 8.42 Å². The van der Waals surface area contributed by atoms with E-state index in [0.717, 1.165) is 26.2 Å². The summed E-state index contributed by atoms with van der Waals surface area (Å²) in [5, 5.41) is 3.82. The molecule has 2 heterocycles. The minimum atomic E-state index is -3.41. The van der Waals surface area contributed by atoms with Crippen LogP contribution in [0.4, 0.5) is 0 Å². The van der Waals surface area contributed by atoms with Crippen LogP contribution in [0.1, 0.15) is 0 Å². The van der Waals surface area contributed by atoms with Crippen LogP contribution in [0.5, 0.6) is 0 Å². The van der Waals surface area contributed by atoms with Gasteiger partial charge in [-0.1, -0.05) is 11.6 Å². The Labute approximate surface area is 138 Å². The van der Waals surface area contributed by atoms with Gasteiger partial charge in [-0.3, -0.25) is 4.90 Å². The summed E-state index contributed by atoms with van der Waals surface area (Å²) in [6, 6.07) is 5.07. The summed E-state index contributed by atoms with van der Waals surface area (Å²) in [5.74, 6) is 0. The minimum Gasteiger partial charge on any atom is -0.314 e. The van der Waals surface area contributed by atoms with Crippen LogP contribution >= 0.6 is 27.5 Å². The zero-order valence-corrected chi connectivity index (χ0v) is 14.6. The van der Waals surface area contributed by atoms with Crippen molar-refractivity contribution in [1.29, 1.82) is 0 Å². The Bertz CT molecular complexity index is 628. The van der Waals surface area contributed by atoms with E-state index >= 15 is 0 Å². The first-order valence-corrected chi connectivity index (χ1v) is 9.49. The van der Waals surface area contributed by atoms with E-state index in [0.29, 0.717) is 28.6 Å². The van der Waals surface area contributed by atoms with Gasteiger partial charge in [0.1, 0.15) is 0 Å². The van der Waals surface area contributed by atoms with Crippen molar-refractivity contribution >= 4 is 37.6 Å². The quantitative estimate of drug-likeness (QED) is 0.841. The van der Waals surface area contributed by atoms with E-state index in [1.54, 1.807) is 18.2 Å². The number of halogens is 2. The molecule has 1 aromatic rings. The van der Waals surface area contributed by atoms with Crippen molar-refractivity contribution in [3.05, 3.63) is 27.7 Å². The lowest BCUT2D eigenvalue weighted by Crippen LogP contribution is -2.63. The second kappa shape index (κ2) is 6.14. The summed E-state index contributed by atoms with van der Waals surface area (Å²) in [6.07, 6.45) is 0. The van der Waals surface area contributed by atoms with E-state index in [1.165, 1.54) is 4.31 Å². The van der Waals surface area contributed by atoms with E-state index in [4.69, 9.17) is 11.6 Å². The second-order valence-corrected chi connectivity index (χ2v) is 8.54. The Morgan fingerprint density at radius 3 is 2.52 bits per heavy atom. The largest absolute Gasteiger partial charge is 0.314 e. The van der Waals surface area contributed by atoms with Crippen LogP contribution in [0.2, 0.25) is 5.02 Å². The number of sulfonamides is 1. The first-order valence-electron chi connectivity index (χ1n) is 6.88. The molecule has 0 radical (unpaired) electrons. The van der Waals surface area contributed by atoms with E-state index in [-0.39, 0.29) is 4.90 Å². The number of hydrogen-bond acceptors (Lipinski definition) is 4. The van der Waals surface area contributed by atoms with E-state index in [9.17, 15) is 8.42 Å². The highest BCUT2D eigenvalue weighted by atomic mass is 79.9. The van der Waals surface area contributed by atoms with Gasteiger partial charge in [0.25, 0.3) is 0 Å². The third-order valence-corrected chi connectivity index (χ3v) is 7.07. The van der Waals surface area contributed by atoms with Gasteiger partial charge in [0.05, 0.1) is 9.92 Å². The Morgan fingerprint density at radius 1 is 1.24 bits per heavy atom. The van der Waals surface area contributed by atoms with Crippen LogP contribution < -0.4 is 5.32 Å². The van der Waals surface area contributed by atoms with Crippen LogP contribution in [0.3, 0.4) is 0 Å². The molecule has 0 spiro atoms. The lowest BCUT2D eigenvalue weighted by Gasteiger charge is -2.45. The maximum absolute atomic E-state index is 12.5. The highest BCUT2D eigenvalue weighted by Crippen LogP contribution is 2.29. The van der Waals surface area contributed by atoms with E-state index in [2.05, 4.69) is 26.1 Å². The Balaban J connectivity index is 1.68. The molecule has 0 unspecified atom stereocenters. The first-order chi connectivity index (χ1) is 9.98. The lowest BCUT2D eigenvalue weighted by atomic mass is 10.1. The summed E-state index contributed by atoms with van der Waals surface area (Å²) < 4.78 is 27.2. The molecular weight excluding hydrogens is 378 g/mol. The summed E-state index contributed by atoms with van der Waals surface area (Å²) >= 11 is 9.19. The predicted molar refractivity (Wildman–Crippen MR) is 86.1 cm³/mol. The molecule has 2 aliphatic heterocycles. The van der Waals surface area contributed by atoms with E-state index < -0.39 is 10.0 Å². The normalized spacial score (nSPS) is 22.2. The first kappa shape index (κ1) is 15.7. The Morgan fingerprint density at radius 2 is 1.90 bits per heavy atom.